The highest BCUT2D eigenvalue weighted by Gasteiger charge is 2.23. The zero-order valence-electron chi connectivity index (χ0n) is 13.9. The quantitative estimate of drug-likeness (QED) is 0.842. The Morgan fingerprint density at radius 3 is 2.50 bits per heavy atom. The molecule has 2 aromatic rings. The van der Waals surface area contributed by atoms with Crippen LogP contribution in [0.3, 0.4) is 0 Å². The summed E-state index contributed by atoms with van der Waals surface area (Å²) in [4.78, 5) is 12.2. The fourth-order valence-electron chi connectivity index (χ4n) is 2.25. The SMILES string of the molecule is COc1ccc(CNC(=O)c2nn(CC(C)C)cc2C(F)F)cc1. The molecule has 0 unspecified atom stereocenters. The van der Waals surface area contributed by atoms with E-state index in [-0.39, 0.29) is 23.7 Å². The Hall–Kier alpha value is -2.44. The van der Waals surface area contributed by atoms with Gasteiger partial charge in [0.05, 0.1) is 12.7 Å². The van der Waals surface area contributed by atoms with Gasteiger partial charge < -0.3 is 10.1 Å². The summed E-state index contributed by atoms with van der Waals surface area (Å²) in [5, 5.41) is 6.64. The summed E-state index contributed by atoms with van der Waals surface area (Å²) in [6.45, 7) is 4.61. The molecular formula is C17H21F2N3O2. The Kier molecular flexibility index (Phi) is 5.89. The van der Waals surface area contributed by atoms with Crippen LogP contribution in [0.4, 0.5) is 8.78 Å². The van der Waals surface area contributed by atoms with Gasteiger partial charge in [-0.25, -0.2) is 8.78 Å². The van der Waals surface area contributed by atoms with Crippen molar-refractivity contribution in [2.45, 2.75) is 33.4 Å². The number of nitrogens with one attached hydrogen (secondary N) is 1. The molecule has 1 aromatic heterocycles. The van der Waals surface area contributed by atoms with Crippen molar-refractivity contribution in [3.63, 3.8) is 0 Å². The van der Waals surface area contributed by atoms with E-state index in [1.54, 1.807) is 31.4 Å². The fraction of sp³-hybridized carbons (Fsp3) is 0.412. The summed E-state index contributed by atoms with van der Waals surface area (Å²) in [5.41, 5.74) is 0.270. The number of carbonyl (C=O) groups is 1. The summed E-state index contributed by atoms with van der Waals surface area (Å²) in [6.07, 6.45) is -1.50. The summed E-state index contributed by atoms with van der Waals surface area (Å²) in [7, 11) is 1.57. The van der Waals surface area contributed by atoms with Gasteiger partial charge in [-0.3, -0.25) is 9.48 Å². The van der Waals surface area contributed by atoms with Gasteiger partial charge in [0, 0.05) is 19.3 Å². The molecule has 0 aliphatic heterocycles. The third-order valence-corrected chi connectivity index (χ3v) is 3.40. The maximum atomic E-state index is 13.1. The molecule has 0 fully saturated rings. The molecule has 1 N–H and O–H groups in total. The van der Waals surface area contributed by atoms with Gasteiger partial charge in [0.2, 0.25) is 0 Å². The number of carbonyl (C=O) groups excluding carboxylic acids is 1. The molecule has 130 valence electrons. The third-order valence-electron chi connectivity index (χ3n) is 3.40. The van der Waals surface area contributed by atoms with E-state index in [1.165, 1.54) is 10.9 Å². The minimum atomic E-state index is -2.74. The Labute approximate surface area is 139 Å². The molecule has 0 aliphatic rings. The first-order valence-electron chi connectivity index (χ1n) is 7.67. The van der Waals surface area contributed by atoms with E-state index in [9.17, 15) is 13.6 Å². The second kappa shape index (κ2) is 7.90. The topological polar surface area (TPSA) is 56.1 Å². The molecule has 1 amide bonds. The van der Waals surface area contributed by atoms with Crippen molar-refractivity contribution in [3.8, 4) is 5.75 Å². The second-order valence-corrected chi connectivity index (χ2v) is 5.88. The smallest absolute Gasteiger partial charge is 0.272 e. The number of methoxy groups -OCH3 is 1. The number of nitrogens with zero attached hydrogens (tertiary/aromatic N) is 2. The van der Waals surface area contributed by atoms with Crippen molar-refractivity contribution in [1.29, 1.82) is 0 Å². The normalized spacial score (nSPS) is 11.1. The Morgan fingerprint density at radius 1 is 1.29 bits per heavy atom. The van der Waals surface area contributed by atoms with E-state index in [4.69, 9.17) is 4.74 Å². The van der Waals surface area contributed by atoms with Crippen LogP contribution >= 0.6 is 0 Å². The molecule has 2 rings (SSSR count). The molecule has 24 heavy (non-hydrogen) atoms. The number of hydrogen-bond donors (Lipinski definition) is 1. The largest absolute Gasteiger partial charge is 0.497 e. The molecule has 0 saturated carbocycles. The van der Waals surface area contributed by atoms with Crippen molar-refractivity contribution >= 4 is 5.91 Å². The van der Waals surface area contributed by atoms with E-state index in [2.05, 4.69) is 10.4 Å². The maximum Gasteiger partial charge on any atom is 0.272 e. The summed E-state index contributed by atoms with van der Waals surface area (Å²) in [6, 6.07) is 7.13. The van der Waals surface area contributed by atoms with Crippen molar-refractivity contribution in [3.05, 3.63) is 47.3 Å². The number of aromatic nitrogens is 2. The second-order valence-electron chi connectivity index (χ2n) is 5.88. The number of ether oxygens (including phenoxy) is 1. The number of halogens is 2. The lowest BCUT2D eigenvalue weighted by molar-refractivity contribution is 0.0932. The Morgan fingerprint density at radius 2 is 1.96 bits per heavy atom. The number of rotatable bonds is 7. The van der Waals surface area contributed by atoms with Gasteiger partial charge in [-0.2, -0.15) is 5.10 Å². The van der Waals surface area contributed by atoms with Crippen LogP contribution in [0, 0.1) is 5.92 Å². The number of benzene rings is 1. The first-order valence-corrected chi connectivity index (χ1v) is 7.67. The van der Waals surface area contributed by atoms with Gasteiger partial charge in [-0.15, -0.1) is 0 Å². The van der Waals surface area contributed by atoms with Crippen molar-refractivity contribution in [1.82, 2.24) is 15.1 Å². The Bertz CT molecular complexity index is 682. The average molecular weight is 337 g/mol. The van der Waals surface area contributed by atoms with Crippen LogP contribution in [0.1, 0.15) is 41.9 Å². The first kappa shape index (κ1) is 17.9. The lowest BCUT2D eigenvalue weighted by Crippen LogP contribution is -2.24. The van der Waals surface area contributed by atoms with Gasteiger partial charge in [0.1, 0.15) is 5.75 Å². The monoisotopic (exact) mass is 337 g/mol. The molecule has 0 bridgehead atoms. The highest BCUT2D eigenvalue weighted by Crippen LogP contribution is 2.22. The molecule has 0 aliphatic carbocycles. The van der Waals surface area contributed by atoms with Crippen molar-refractivity contribution in [2.24, 2.45) is 5.92 Å². The van der Waals surface area contributed by atoms with Crippen LogP contribution in [0.15, 0.2) is 30.5 Å². The number of hydrogen-bond acceptors (Lipinski definition) is 3. The molecule has 1 aromatic carbocycles. The van der Waals surface area contributed by atoms with E-state index in [0.717, 1.165) is 5.56 Å². The summed E-state index contributed by atoms with van der Waals surface area (Å²) >= 11 is 0. The van der Waals surface area contributed by atoms with Crippen LogP contribution in [-0.4, -0.2) is 22.8 Å². The van der Waals surface area contributed by atoms with Gasteiger partial charge in [0.15, 0.2) is 5.69 Å². The highest BCUT2D eigenvalue weighted by atomic mass is 19.3. The van der Waals surface area contributed by atoms with E-state index in [1.807, 2.05) is 13.8 Å². The van der Waals surface area contributed by atoms with Crippen LogP contribution in [0.25, 0.3) is 0 Å². The predicted octanol–water partition coefficient (Wildman–Crippen LogP) is 3.42. The van der Waals surface area contributed by atoms with Crippen LogP contribution in [0.5, 0.6) is 5.75 Å². The lowest BCUT2D eigenvalue weighted by atomic mass is 10.2. The van der Waals surface area contributed by atoms with Crippen LogP contribution in [-0.2, 0) is 13.1 Å². The Balaban J connectivity index is 2.08. The van der Waals surface area contributed by atoms with Crippen LogP contribution < -0.4 is 10.1 Å². The fourth-order valence-corrected chi connectivity index (χ4v) is 2.25. The zero-order chi connectivity index (χ0) is 17.7. The number of alkyl halides is 2. The molecule has 0 atom stereocenters. The molecule has 0 spiro atoms. The van der Waals surface area contributed by atoms with Crippen LogP contribution in [0.2, 0.25) is 0 Å². The standard InChI is InChI=1S/C17H21F2N3O2/c1-11(2)9-22-10-14(16(18)19)15(21-22)17(23)20-8-12-4-6-13(24-3)7-5-12/h4-7,10-11,16H,8-9H2,1-3H3,(H,20,23). The predicted molar refractivity (Wildman–Crippen MR) is 86.2 cm³/mol. The van der Waals surface area contributed by atoms with E-state index < -0.39 is 12.3 Å². The van der Waals surface area contributed by atoms with Crippen molar-refractivity contribution in [2.75, 3.05) is 7.11 Å². The molecule has 1 heterocycles. The molecule has 5 nitrogen and oxygen atoms in total. The van der Waals surface area contributed by atoms with Gasteiger partial charge in [-0.1, -0.05) is 26.0 Å². The van der Waals surface area contributed by atoms with E-state index in [0.29, 0.717) is 12.3 Å². The van der Waals surface area contributed by atoms with E-state index >= 15 is 0 Å². The third kappa shape index (κ3) is 4.53. The molecule has 7 heteroatoms. The maximum absolute atomic E-state index is 13.1. The summed E-state index contributed by atoms with van der Waals surface area (Å²) in [5.74, 6) is 0.340. The minimum absolute atomic E-state index is 0.223. The average Bonchev–Trinajstić information content (AvgIpc) is 2.96. The zero-order valence-corrected chi connectivity index (χ0v) is 13.9. The number of amides is 1. The summed E-state index contributed by atoms with van der Waals surface area (Å²) < 4.78 is 32.7. The lowest BCUT2D eigenvalue weighted by Gasteiger charge is -2.06. The minimum Gasteiger partial charge on any atom is -0.497 e. The molecular weight excluding hydrogens is 316 g/mol. The van der Waals surface area contributed by atoms with Crippen molar-refractivity contribution < 1.29 is 18.3 Å². The molecule has 0 radical (unpaired) electrons. The first-order chi connectivity index (χ1) is 11.4. The van der Waals surface area contributed by atoms with Gasteiger partial charge >= 0.3 is 0 Å². The highest BCUT2D eigenvalue weighted by molar-refractivity contribution is 5.93. The van der Waals surface area contributed by atoms with Gasteiger partial charge in [0.25, 0.3) is 12.3 Å². The molecule has 0 saturated heterocycles. The van der Waals surface area contributed by atoms with Gasteiger partial charge in [-0.05, 0) is 23.6 Å².